The SMILES string of the molecule is COc1cc2nccc(Oc3ccc(NC(=O)Nc4ccc(F)cc4F)cc3)c2cc1OC. The molecular formula is C24H19F2N3O4. The number of benzene rings is 3. The lowest BCUT2D eigenvalue weighted by Crippen LogP contribution is -2.20. The summed E-state index contributed by atoms with van der Waals surface area (Å²) in [5, 5.41) is 5.64. The molecule has 9 heteroatoms. The van der Waals surface area contributed by atoms with Gasteiger partial charge in [-0.25, -0.2) is 13.6 Å². The van der Waals surface area contributed by atoms with E-state index < -0.39 is 17.7 Å². The number of nitrogens with one attached hydrogen (secondary N) is 2. The van der Waals surface area contributed by atoms with Gasteiger partial charge in [-0.2, -0.15) is 0 Å². The first-order chi connectivity index (χ1) is 16.0. The average molecular weight is 451 g/mol. The third kappa shape index (κ3) is 4.93. The van der Waals surface area contributed by atoms with Crippen LogP contribution in [0.1, 0.15) is 0 Å². The maximum atomic E-state index is 13.7. The van der Waals surface area contributed by atoms with Gasteiger partial charge in [-0.15, -0.1) is 0 Å². The molecule has 1 heterocycles. The Morgan fingerprint density at radius 1 is 0.848 bits per heavy atom. The zero-order chi connectivity index (χ0) is 23.4. The number of nitrogens with zero attached hydrogens (tertiary/aromatic N) is 1. The second kappa shape index (κ2) is 9.39. The van der Waals surface area contributed by atoms with Crippen LogP contribution in [0.2, 0.25) is 0 Å². The molecule has 168 valence electrons. The minimum atomic E-state index is -0.868. The van der Waals surface area contributed by atoms with Crippen LogP contribution in [-0.2, 0) is 0 Å². The number of aromatic nitrogens is 1. The van der Waals surface area contributed by atoms with E-state index >= 15 is 0 Å². The Kier molecular flexibility index (Phi) is 6.21. The van der Waals surface area contributed by atoms with Gasteiger partial charge in [0, 0.05) is 29.4 Å². The highest BCUT2D eigenvalue weighted by Gasteiger charge is 2.12. The monoisotopic (exact) mass is 451 g/mol. The van der Waals surface area contributed by atoms with Crippen molar-refractivity contribution in [3.05, 3.63) is 78.5 Å². The normalized spacial score (nSPS) is 10.5. The van der Waals surface area contributed by atoms with Crippen LogP contribution < -0.4 is 24.8 Å². The van der Waals surface area contributed by atoms with Gasteiger partial charge in [0.15, 0.2) is 11.5 Å². The molecule has 0 spiro atoms. The van der Waals surface area contributed by atoms with Crippen molar-refractivity contribution in [1.29, 1.82) is 0 Å². The zero-order valence-electron chi connectivity index (χ0n) is 17.7. The maximum Gasteiger partial charge on any atom is 0.323 e. The van der Waals surface area contributed by atoms with Crippen molar-refractivity contribution in [2.45, 2.75) is 0 Å². The molecule has 1 aromatic heterocycles. The first-order valence-corrected chi connectivity index (χ1v) is 9.78. The van der Waals surface area contributed by atoms with Gasteiger partial charge in [0.05, 0.1) is 25.4 Å². The molecule has 0 aliphatic carbocycles. The topological polar surface area (TPSA) is 81.7 Å². The molecule has 0 atom stereocenters. The molecule has 0 fully saturated rings. The molecule has 0 bridgehead atoms. The Hall–Kier alpha value is -4.40. The largest absolute Gasteiger partial charge is 0.493 e. The number of anilines is 2. The van der Waals surface area contributed by atoms with Crippen molar-refractivity contribution in [3.8, 4) is 23.0 Å². The Morgan fingerprint density at radius 2 is 1.58 bits per heavy atom. The van der Waals surface area contributed by atoms with E-state index in [1.54, 1.807) is 62.9 Å². The van der Waals surface area contributed by atoms with Crippen molar-refractivity contribution >= 4 is 28.3 Å². The van der Waals surface area contributed by atoms with Crippen molar-refractivity contribution in [1.82, 2.24) is 4.98 Å². The number of ether oxygens (including phenoxy) is 3. The maximum absolute atomic E-state index is 13.7. The molecule has 2 amide bonds. The number of amides is 2. The lowest BCUT2D eigenvalue weighted by atomic mass is 10.2. The van der Waals surface area contributed by atoms with E-state index in [1.165, 1.54) is 0 Å². The highest BCUT2D eigenvalue weighted by molar-refractivity contribution is 5.99. The molecular weight excluding hydrogens is 432 g/mol. The molecule has 3 aromatic carbocycles. The van der Waals surface area contributed by atoms with Crippen LogP contribution in [0.25, 0.3) is 10.9 Å². The summed E-state index contributed by atoms with van der Waals surface area (Å²) >= 11 is 0. The molecule has 7 nitrogen and oxygen atoms in total. The minimum Gasteiger partial charge on any atom is -0.493 e. The molecule has 0 aliphatic rings. The van der Waals surface area contributed by atoms with Gasteiger partial charge in [0.1, 0.15) is 23.1 Å². The summed E-state index contributed by atoms with van der Waals surface area (Å²) < 4.78 is 43.4. The lowest BCUT2D eigenvalue weighted by Gasteiger charge is -2.13. The standard InChI is InChI=1S/C24H19F2N3O4/c1-31-22-12-17-20(13-23(22)32-2)27-10-9-21(17)33-16-6-4-15(5-7-16)28-24(30)29-19-8-3-14(25)11-18(19)26/h3-13H,1-2H3,(H2,28,29,30). The molecule has 4 aromatic rings. The van der Waals surface area contributed by atoms with E-state index in [0.717, 1.165) is 17.5 Å². The smallest absolute Gasteiger partial charge is 0.323 e. The number of urea groups is 1. The summed E-state index contributed by atoms with van der Waals surface area (Å²) in [7, 11) is 3.10. The van der Waals surface area contributed by atoms with Gasteiger partial charge in [0.2, 0.25) is 0 Å². The van der Waals surface area contributed by atoms with Gasteiger partial charge in [-0.3, -0.25) is 4.98 Å². The fourth-order valence-electron chi connectivity index (χ4n) is 3.15. The number of carbonyl (C=O) groups excluding carboxylic acids is 1. The predicted molar refractivity (Wildman–Crippen MR) is 120 cm³/mol. The number of halogens is 2. The molecule has 33 heavy (non-hydrogen) atoms. The first kappa shape index (κ1) is 21.8. The third-order valence-corrected chi connectivity index (χ3v) is 4.73. The van der Waals surface area contributed by atoms with Crippen LogP contribution in [0.5, 0.6) is 23.0 Å². The number of methoxy groups -OCH3 is 2. The van der Waals surface area contributed by atoms with E-state index in [1.807, 2.05) is 0 Å². The molecule has 4 rings (SSSR count). The summed E-state index contributed by atoms with van der Waals surface area (Å²) in [6, 6.07) is 14.1. The van der Waals surface area contributed by atoms with Crippen molar-refractivity contribution in [3.63, 3.8) is 0 Å². The van der Waals surface area contributed by atoms with Crippen LogP contribution in [0, 0.1) is 11.6 Å². The van der Waals surface area contributed by atoms with E-state index in [4.69, 9.17) is 14.2 Å². The van der Waals surface area contributed by atoms with Gasteiger partial charge >= 0.3 is 6.03 Å². The second-order valence-electron chi connectivity index (χ2n) is 6.86. The summed E-state index contributed by atoms with van der Waals surface area (Å²) in [6.45, 7) is 0. The molecule has 2 N–H and O–H groups in total. The Morgan fingerprint density at radius 3 is 2.27 bits per heavy atom. The Bertz CT molecular complexity index is 1310. The van der Waals surface area contributed by atoms with Gasteiger partial charge in [-0.1, -0.05) is 0 Å². The number of fused-ring (bicyclic) bond motifs is 1. The van der Waals surface area contributed by atoms with E-state index in [9.17, 15) is 13.6 Å². The van der Waals surface area contributed by atoms with Crippen LogP contribution in [-0.4, -0.2) is 25.2 Å². The van der Waals surface area contributed by atoms with E-state index in [2.05, 4.69) is 15.6 Å². The van der Waals surface area contributed by atoms with E-state index in [-0.39, 0.29) is 5.69 Å². The molecule has 0 radical (unpaired) electrons. The molecule has 0 aliphatic heterocycles. The van der Waals surface area contributed by atoms with Crippen LogP contribution >= 0.6 is 0 Å². The summed E-state index contributed by atoms with van der Waals surface area (Å²) in [6.07, 6.45) is 1.62. The fraction of sp³-hybridized carbons (Fsp3) is 0.0833. The summed E-state index contributed by atoms with van der Waals surface area (Å²) in [5.41, 5.74) is 0.993. The van der Waals surface area contributed by atoms with Crippen LogP contribution in [0.15, 0.2) is 66.9 Å². The van der Waals surface area contributed by atoms with Gasteiger partial charge < -0.3 is 24.8 Å². The fourth-order valence-corrected chi connectivity index (χ4v) is 3.15. The van der Waals surface area contributed by atoms with Crippen LogP contribution in [0.3, 0.4) is 0 Å². The Balaban J connectivity index is 1.47. The predicted octanol–water partition coefficient (Wildman–Crippen LogP) is 5.97. The average Bonchev–Trinajstić information content (AvgIpc) is 2.81. The number of carbonyl (C=O) groups is 1. The number of hydrogen-bond donors (Lipinski definition) is 2. The highest BCUT2D eigenvalue weighted by atomic mass is 19.1. The number of rotatable bonds is 6. The third-order valence-electron chi connectivity index (χ3n) is 4.73. The van der Waals surface area contributed by atoms with Crippen molar-refractivity contribution in [2.75, 3.05) is 24.9 Å². The highest BCUT2D eigenvalue weighted by Crippen LogP contribution is 2.37. The molecule has 0 saturated heterocycles. The summed E-state index contributed by atoms with van der Waals surface area (Å²) in [5.74, 6) is 0.593. The summed E-state index contributed by atoms with van der Waals surface area (Å²) in [4.78, 5) is 16.5. The van der Waals surface area contributed by atoms with Gasteiger partial charge in [-0.05, 0) is 48.5 Å². The second-order valence-corrected chi connectivity index (χ2v) is 6.86. The van der Waals surface area contributed by atoms with Crippen molar-refractivity contribution < 1.29 is 27.8 Å². The number of hydrogen-bond acceptors (Lipinski definition) is 5. The molecule has 0 saturated carbocycles. The first-order valence-electron chi connectivity index (χ1n) is 9.78. The van der Waals surface area contributed by atoms with Gasteiger partial charge in [0.25, 0.3) is 0 Å². The number of pyridine rings is 1. The van der Waals surface area contributed by atoms with Crippen molar-refractivity contribution in [2.24, 2.45) is 0 Å². The molecule has 0 unspecified atom stereocenters. The minimum absolute atomic E-state index is 0.134. The van der Waals surface area contributed by atoms with Crippen LogP contribution in [0.4, 0.5) is 25.0 Å². The quantitative estimate of drug-likeness (QED) is 0.378. The lowest BCUT2D eigenvalue weighted by molar-refractivity contribution is 0.262. The van der Waals surface area contributed by atoms with E-state index in [0.29, 0.717) is 40.3 Å². The zero-order valence-corrected chi connectivity index (χ0v) is 17.7. The Labute approximate surface area is 187 Å².